The first kappa shape index (κ1) is 25.1. The molecule has 0 bridgehead atoms. The lowest BCUT2D eigenvalue weighted by Gasteiger charge is -2.20. The number of alkyl halides is 3. The second-order valence-corrected chi connectivity index (χ2v) is 10.4. The van der Waals surface area contributed by atoms with Crippen LogP contribution in [0, 0.1) is 0 Å². The van der Waals surface area contributed by atoms with E-state index in [1.165, 1.54) is 0 Å². The summed E-state index contributed by atoms with van der Waals surface area (Å²) < 4.78 is 7.73. The van der Waals surface area contributed by atoms with Gasteiger partial charge in [0.1, 0.15) is 11.9 Å². The third kappa shape index (κ3) is 4.75. The number of rotatable bonds is 9. The van der Waals surface area contributed by atoms with Gasteiger partial charge in [-0.05, 0) is 56.4 Å². The Labute approximate surface area is 214 Å². The zero-order valence-electron chi connectivity index (χ0n) is 19.5. The number of ether oxygens (including phenoxy) is 1. The second kappa shape index (κ2) is 10.3. The van der Waals surface area contributed by atoms with E-state index in [0.717, 1.165) is 48.5 Å². The Bertz CT molecular complexity index is 1260. The van der Waals surface area contributed by atoms with Gasteiger partial charge >= 0.3 is 0 Å². The Morgan fingerprint density at radius 1 is 1.00 bits per heavy atom. The van der Waals surface area contributed by atoms with E-state index in [0.29, 0.717) is 23.8 Å². The molecule has 1 unspecified atom stereocenters. The van der Waals surface area contributed by atoms with Crippen molar-refractivity contribution >= 4 is 51.6 Å². The molecule has 0 aliphatic carbocycles. The SMILES string of the molecule is CCOc1ccc(-c2nc3n(CCN(CC)CC)c4ccccc4n3c2C(O)C(Cl)(Cl)Cl)cc1. The Morgan fingerprint density at radius 2 is 1.65 bits per heavy atom. The predicted molar refractivity (Wildman–Crippen MR) is 140 cm³/mol. The van der Waals surface area contributed by atoms with Gasteiger partial charge in [-0.1, -0.05) is 60.8 Å². The van der Waals surface area contributed by atoms with E-state index >= 15 is 0 Å². The van der Waals surface area contributed by atoms with Crippen molar-refractivity contribution in [2.75, 3.05) is 26.2 Å². The van der Waals surface area contributed by atoms with Gasteiger partial charge in [0.25, 0.3) is 0 Å². The lowest BCUT2D eigenvalue weighted by atomic mass is 10.1. The van der Waals surface area contributed by atoms with E-state index < -0.39 is 9.90 Å². The fourth-order valence-corrected chi connectivity index (χ4v) is 4.64. The number of aromatic nitrogens is 3. The summed E-state index contributed by atoms with van der Waals surface area (Å²) in [6.45, 7) is 10.4. The molecule has 2 heterocycles. The maximum absolute atomic E-state index is 11.2. The number of benzene rings is 2. The minimum atomic E-state index is -1.93. The van der Waals surface area contributed by atoms with E-state index in [-0.39, 0.29) is 0 Å². The molecule has 4 rings (SSSR count). The number of halogens is 3. The summed E-state index contributed by atoms with van der Waals surface area (Å²) in [6.07, 6.45) is -1.39. The number of hydrogen-bond acceptors (Lipinski definition) is 4. The molecule has 1 N–H and O–H groups in total. The molecule has 182 valence electrons. The summed E-state index contributed by atoms with van der Waals surface area (Å²) in [6, 6.07) is 15.6. The summed E-state index contributed by atoms with van der Waals surface area (Å²) in [5.41, 5.74) is 3.71. The third-order valence-corrected chi connectivity index (χ3v) is 6.71. The van der Waals surface area contributed by atoms with Gasteiger partial charge in [0.15, 0.2) is 0 Å². The highest BCUT2D eigenvalue weighted by Gasteiger charge is 2.38. The fraction of sp³-hybridized carbons (Fsp3) is 0.400. The van der Waals surface area contributed by atoms with Crippen LogP contribution in [0.5, 0.6) is 5.75 Å². The number of para-hydroxylation sites is 2. The van der Waals surface area contributed by atoms with Crippen molar-refractivity contribution in [3.63, 3.8) is 0 Å². The van der Waals surface area contributed by atoms with Crippen molar-refractivity contribution in [3.05, 3.63) is 54.2 Å². The molecule has 2 aromatic carbocycles. The van der Waals surface area contributed by atoms with Crippen LogP contribution < -0.4 is 4.74 Å². The van der Waals surface area contributed by atoms with Crippen LogP contribution in [-0.2, 0) is 6.54 Å². The molecule has 0 aliphatic rings. The lowest BCUT2D eigenvalue weighted by molar-refractivity contribution is 0.177. The van der Waals surface area contributed by atoms with Crippen LogP contribution in [0.1, 0.15) is 32.6 Å². The smallest absolute Gasteiger partial charge is 0.221 e. The average Bonchev–Trinajstić information content (AvgIpc) is 3.35. The molecule has 2 aromatic heterocycles. The molecule has 9 heteroatoms. The highest BCUT2D eigenvalue weighted by atomic mass is 35.6. The summed E-state index contributed by atoms with van der Waals surface area (Å²) in [7, 11) is 0. The molecule has 1 atom stereocenters. The largest absolute Gasteiger partial charge is 0.494 e. The van der Waals surface area contributed by atoms with E-state index in [1.807, 2.05) is 59.9 Å². The summed E-state index contributed by atoms with van der Waals surface area (Å²) in [5, 5.41) is 11.2. The van der Waals surface area contributed by atoms with Crippen molar-refractivity contribution in [2.45, 2.75) is 37.2 Å². The number of aliphatic hydroxyl groups excluding tert-OH is 1. The summed E-state index contributed by atoms with van der Waals surface area (Å²) in [5.74, 6) is 1.45. The Morgan fingerprint density at radius 3 is 2.24 bits per heavy atom. The molecule has 0 fully saturated rings. The number of aliphatic hydroxyl groups is 1. The van der Waals surface area contributed by atoms with E-state index in [9.17, 15) is 5.11 Å². The number of hydrogen-bond donors (Lipinski definition) is 1. The molecule has 0 aliphatic heterocycles. The zero-order chi connectivity index (χ0) is 24.5. The Hall–Kier alpha value is -1.96. The van der Waals surface area contributed by atoms with Gasteiger partial charge < -0.3 is 19.3 Å². The molecule has 34 heavy (non-hydrogen) atoms. The average molecular weight is 524 g/mol. The highest BCUT2D eigenvalue weighted by Crippen LogP contribution is 2.44. The zero-order valence-corrected chi connectivity index (χ0v) is 21.8. The van der Waals surface area contributed by atoms with Crippen molar-refractivity contribution in [1.82, 2.24) is 18.9 Å². The summed E-state index contributed by atoms with van der Waals surface area (Å²) in [4.78, 5) is 7.35. The fourth-order valence-electron chi connectivity index (χ4n) is 4.33. The Kier molecular flexibility index (Phi) is 7.65. The number of likely N-dealkylation sites (N-methyl/N-ethyl adjacent to an activating group) is 1. The number of fused-ring (bicyclic) bond motifs is 3. The van der Waals surface area contributed by atoms with Crippen LogP contribution in [0.3, 0.4) is 0 Å². The van der Waals surface area contributed by atoms with Crippen molar-refractivity contribution in [3.8, 4) is 17.0 Å². The van der Waals surface area contributed by atoms with Crippen LogP contribution in [0.25, 0.3) is 28.1 Å². The van der Waals surface area contributed by atoms with Crippen LogP contribution in [0.15, 0.2) is 48.5 Å². The van der Waals surface area contributed by atoms with Gasteiger partial charge in [-0.25, -0.2) is 4.98 Å². The van der Waals surface area contributed by atoms with Crippen LogP contribution in [0.2, 0.25) is 0 Å². The maximum atomic E-state index is 11.2. The van der Waals surface area contributed by atoms with Crippen LogP contribution in [-0.4, -0.2) is 54.0 Å². The molecule has 0 amide bonds. The molecular weight excluding hydrogens is 495 g/mol. The van der Waals surface area contributed by atoms with Gasteiger partial charge in [-0.15, -0.1) is 0 Å². The molecule has 6 nitrogen and oxygen atoms in total. The first-order chi connectivity index (χ1) is 16.3. The van der Waals surface area contributed by atoms with Crippen LogP contribution >= 0.6 is 34.8 Å². The first-order valence-electron chi connectivity index (χ1n) is 11.5. The van der Waals surface area contributed by atoms with Gasteiger partial charge in [0, 0.05) is 18.7 Å². The molecule has 0 saturated heterocycles. The highest BCUT2D eigenvalue weighted by molar-refractivity contribution is 6.68. The van der Waals surface area contributed by atoms with E-state index in [1.54, 1.807) is 0 Å². The van der Waals surface area contributed by atoms with E-state index in [4.69, 9.17) is 44.5 Å². The van der Waals surface area contributed by atoms with Crippen LogP contribution in [0.4, 0.5) is 0 Å². The topological polar surface area (TPSA) is 54.9 Å². The normalized spacial score (nSPS) is 13.3. The standard InChI is InChI=1S/C25H29Cl3N4O2/c1-4-30(5-2)15-16-31-19-9-7-8-10-20(19)32-22(23(33)25(26,27)28)21(29-24(31)32)17-11-13-18(14-12-17)34-6-3/h7-14,23,33H,4-6,15-16H2,1-3H3. The minimum Gasteiger partial charge on any atom is -0.494 e. The van der Waals surface area contributed by atoms with E-state index in [2.05, 4.69) is 23.3 Å². The minimum absolute atomic E-state index is 0.442. The van der Waals surface area contributed by atoms with Crippen molar-refractivity contribution in [2.24, 2.45) is 0 Å². The first-order valence-corrected chi connectivity index (χ1v) is 12.6. The monoisotopic (exact) mass is 522 g/mol. The van der Waals surface area contributed by atoms with Gasteiger partial charge in [-0.3, -0.25) is 4.40 Å². The van der Waals surface area contributed by atoms with Gasteiger partial charge in [-0.2, -0.15) is 0 Å². The van der Waals surface area contributed by atoms with Crippen molar-refractivity contribution < 1.29 is 9.84 Å². The summed E-state index contributed by atoms with van der Waals surface area (Å²) >= 11 is 18.6. The second-order valence-electron chi connectivity index (χ2n) is 8.05. The Balaban J connectivity index is 1.95. The van der Waals surface area contributed by atoms with Crippen molar-refractivity contribution in [1.29, 1.82) is 0 Å². The molecular formula is C25H29Cl3N4O2. The number of imidazole rings is 2. The molecule has 0 spiro atoms. The lowest BCUT2D eigenvalue weighted by Crippen LogP contribution is -2.27. The third-order valence-electron chi connectivity index (χ3n) is 6.09. The molecule has 0 radical (unpaired) electrons. The molecule has 4 aromatic rings. The molecule has 0 saturated carbocycles. The predicted octanol–water partition coefficient (Wildman–Crippen LogP) is 6.10. The quantitative estimate of drug-likeness (QED) is 0.269. The maximum Gasteiger partial charge on any atom is 0.221 e. The van der Waals surface area contributed by atoms with Gasteiger partial charge in [0.2, 0.25) is 9.57 Å². The van der Waals surface area contributed by atoms with Gasteiger partial charge in [0.05, 0.1) is 29.0 Å². The number of nitrogens with zero attached hydrogens (tertiary/aromatic N) is 4.